The van der Waals surface area contributed by atoms with Gasteiger partial charge in [0, 0.05) is 24.9 Å². The topological polar surface area (TPSA) is 102 Å². The number of nitrogens with one attached hydrogen (secondary N) is 2. The van der Waals surface area contributed by atoms with Crippen LogP contribution in [-0.4, -0.2) is 20.7 Å². The van der Waals surface area contributed by atoms with Crippen LogP contribution in [0.4, 0.5) is 21.9 Å². The first-order chi connectivity index (χ1) is 9.99. The van der Waals surface area contributed by atoms with Crippen molar-refractivity contribution in [3.8, 4) is 0 Å². The lowest BCUT2D eigenvalue weighted by atomic mass is 10.3. The van der Waals surface area contributed by atoms with Gasteiger partial charge in [-0.3, -0.25) is 14.8 Å². The third-order valence-electron chi connectivity index (χ3n) is 2.63. The molecule has 0 aliphatic carbocycles. The summed E-state index contributed by atoms with van der Waals surface area (Å²) in [5, 5.41) is 19.8. The highest BCUT2D eigenvalue weighted by molar-refractivity contribution is 6.34. The molecular weight excluding hydrogens is 298 g/mol. The predicted molar refractivity (Wildman–Crippen MR) is 78.6 cm³/mol. The maximum atomic E-state index is 11.8. The molecule has 0 spiro atoms. The van der Waals surface area contributed by atoms with Gasteiger partial charge in [-0.25, -0.2) is 4.79 Å². The van der Waals surface area contributed by atoms with Gasteiger partial charge < -0.3 is 10.6 Å². The number of amides is 2. The third-order valence-corrected chi connectivity index (χ3v) is 2.94. The Morgan fingerprint density at radius 2 is 2.24 bits per heavy atom. The van der Waals surface area contributed by atoms with Crippen LogP contribution in [0.1, 0.15) is 6.92 Å². The Bertz CT molecular complexity index is 685. The predicted octanol–water partition coefficient (Wildman–Crippen LogP) is 3.11. The largest absolute Gasteiger partial charge is 0.323 e. The number of nitro benzene ring substituents is 1. The Labute approximate surface area is 124 Å². The summed E-state index contributed by atoms with van der Waals surface area (Å²) in [6.07, 6.45) is 3.19. The van der Waals surface area contributed by atoms with Crippen molar-refractivity contribution >= 4 is 34.7 Å². The number of nitrogens with zero attached hydrogens (tertiary/aromatic N) is 3. The quantitative estimate of drug-likeness (QED) is 0.669. The van der Waals surface area contributed by atoms with E-state index in [-0.39, 0.29) is 16.4 Å². The fourth-order valence-corrected chi connectivity index (χ4v) is 1.83. The van der Waals surface area contributed by atoms with Gasteiger partial charge in [0.25, 0.3) is 5.69 Å². The summed E-state index contributed by atoms with van der Waals surface area (Å²) >= 11 is 5.88. The van der Waals surface area contributed by atoms with E-state index in [2.05, 4.69) is 15.7 Å². The highest BCUT2D eigenvalue weighted by Gasteiger charge is 2.11. The number of hydrogen-bond acceptors (Lipinski definition) is 4. The van der Waals surface area contributed by atoms with Crippen LogP contribution < -0.4 is 10.6 Å². The average Bonchev–Trinajstić information content (AvgIpc) is 2.88. The summed E-state index contributed by atoms with van der Waals surface area (Å²) in [4.78, 5) is 21.8. The van der Waals surface area contributed by atoms with Gasteiger partial charge in [-0.2, -0.15) is 5.10 Å². The lowest BCUT2D eigenvalue weighted by Crippen LogP contribution is -2.19. The standard InChI is InChI=1S/C12H12ClN5O3/c1-2-17-7-8(6-14-17)15-12(19)16-11-4-3-9(18(20)21)5-10(11)13/h3-7H,2H2,1H3,(H2,15,16,19). The average molecular weight is 310 g/mol. The molecule has 8 nitrogen and oxygen atoms in total. The number of benzene rings is 1. The van der Waals surface area contributed by atoms with E-state index in [9.17, 15) is 14.9 Å². The molecule has 2 N–H and O–H groups in total. The fraction of sp³-hybridized carbons (Fsp3) is 0.167. The molecule has 0 saturated carbocycles. The summed E-state index contributed by atoms with van der Waals surface area (Å²) in [5.41, 5.74) is 0.671. The molecule has 1 heterocycles. The molecule has 2 amide bonds. The Kier molecular flexibility index (Phi) is 4.39. The van der Waals surface area contributed by atoms with Crippen LogP contribution in [0, 0.1) is 10.1 Å². The van der Waals surface area contributed by atoms with Crippen molar-refractivity contribution in [3.05, 3.63) is 45.7 Å². The molecule has 0 aliphatic heterocycles. The van der Waals surface area contributed by atoms with Crippen molar-refractivity contribution in [1.82, 2.24) is 9.78 Å². The molecule has 2 aromatic rings. The lowest BCUT2D eigenvalue weighted by molar-refractivity contribution is -0.384. The first kappa shape index (κ1) is 14.8. The highest BCUT2D eigenvalue weighted by atomic mass is 35.5. The number of aryl methyl sites for hydroxylation is 1. The Hall–Kier alpha value is -2.61. The summed E-state index contributed by atoms with van der Waals surface area (Å²) in [6.45, 7) is 2.62. The van der Waals surface area contributed by atoms with E-state index in [1.165, 1.54) is 24.4 Å². The molecule has 21 heavy (non-hydrogen) atoms. The molecule has 0 radical (unpaired) electrons. The summed E-state index contributed by atoms with van der Waals surface area (Å²) in [5.74, 6) is 0. The van der Waals surface area contributed by atoms with Gasteiger partial charge in [0.15, 0.2) is 0 Å². The summed E-state index contributed by atoms with van der Waals surface area (Å²) in [6, 6.07) is 3.29. The number of nitro groups is 1. The van der Waals surface area contributed by atoms with E-state index in [0.29, 0.717) is 12.2 Å². The van der Waals surface area contributed by atoms with Crippen molar-refractivity contribution in [2.75, 3.05) is 10.6 Å². The molecule has 0 fully saturated rings. The number of non-ortho nitro benzene ring substituents is 1. The van der Waals surface area contributed by atoms with Gasteiger partial charge in [0.05, 0.1) is 27.5 Å². The Morgan fingerprint density at radius 1 is 1.48 bits per heavy atom. The third kappa shape index (κ3) is 3.69. The van der Waals surface area contributed by atoms with Gasteiger partial charge >= 0.3 is 6.03 Å². The molecule has 2 rings (SSSR count). The number of urea groups is 1. The molecule has 9 heteroatoms. The number of hydrogen-bond donors (Lipinski definition) is 2. The van der Waals surface area contributed by atoms with Crippen LogP contribution in [0.15, 0.2) is 30.6 Å². The number of halogens is 1. The number of carbonyl (C=O) groups excluding carboxylic acids is 1. The number of aromatic nitrogens is 2. The fourth-order valence-electron chi connectivity index (χ4n) is 1.60. The van der Waals surface area contributed by atoms with E-state index in [1.54, 1.807) is 10.9 Å². The second kappa shape index (κ2) is 6.23. The molecule has 0 atom stereocenters. The number of carbonyl (C=O) groups is 1. The van der Waals surface area contributed by atoms with E-state index in [1.807, 2.05) is 6.92 Å². The number of anilines is 2. The molecule has 110 valence electrons. The zero-order chi connectivity index (χ0) is 15.4. The van der Waals surface area contributed by atoms with Gasteiger partial charge in [-0.1, -0.05) is 11.6 Å². The molecular formula is C12H12ClN5O3. The second-order valence-corrected chi connectivity index (χ2v) is 4.49. The van der Waals surface area contributed by atoms with E-state index in [0.717, 1.165) is 0 Å². The number of rotatable bonds is 4. The molecule has 0 bridgehead atoms. The summed E-state index contributed by atoms with van der Waals surface area (Å²) < 4.78 is 1.66. The Morgan fingerprint density at radius 3 is 2.81 bits per heavy atom. The second-order valence-electron chi connectivity index (χ2n) is 4.09. The maximum Gasteiger partial charge on any atom is 0.323 e. The van der Waals surface area contributed by atoms with Crippen LogP contribution in [-0.2, 0) is 6.54 Å². The molecule has 0 saturated heterocycles. The lowest BCUT2D eigenvalue weighted by Gasteiger charge is -2.07. The smallest absolute Gasteiger partial charge is 0.306 e. The first-order valence-electron chi connectivity index (χ1n) is 6.04. The van der Waals surface area contributed by atoms with Crippen molar-refractivity contribution in [2.24, 2.45) is 0 Å². The minimum Gasteiger partial charge on any atom is -0.306 e. The van der Waals surface area contributed by atoms with Crippen LogP contribution >= 0.6 is 11.6 Å². The van der Waals surface area contributed by atoms with Crippen molar-refractivity contribution in [2.45, 2.75) is 13.5 Å². The van der Waals surface area contributed by atoms with E-state index in [4.69, 9.17) is 11.6 Å². The molecule has 1 aromatic carbocycles. The van der Waals surface area contributed by atoms with Crippen LogP contribution in [0.3, 0.4) is 0 Å². The van der Waals surface area contributed by atoms with Crippen molar-refractivity contribution in [3.63, 3.8) is 0 Å². The van der Waals surface area contributed by atoms with Crippen molar-refractivity contribution in [1.29, 1.82) is 0 Å². The molecule has 1 aromatic heterocycles. The SMILES string of the molecule is CCn1cc(NC(=O)Nc2ccc([N+](=O)[O-])cc2Cl)cn1. The zero-order valence-corrected chi connectivity index (χ0v) is 11.8. The van der Waals surface area contributed by atoms with Crippen LogP contribution in [0.5, 0.6) is 0 Å². The monoisotopic (exact) mass is 309 g/mol. The minimum absolute atomic E-state index is 0.0867. The van der Waals surface area contributed by atoms with E-state index >= 15 is 0 Å². The van der Waals surface area contributed by atoms with Crippen LogP contribution in [0.25, 0.3) is 0 Å². The van der Waals surface area contributed by atoms with Gasteiger partial charge in [0.2, 0.25) is 0 Å². The van der Waals surface area contributed by atoms with Gasteiger partial charge in [0.1, 0.15) is 0 Å². The first-order valence-corrected chi connectivity index (χ1v) is 6.41. The Balaban J connectivity index is 2.04. The zero-order valence-electron chi connectivity index (χ0n) is 11.0. The maximum absolute atomic E-state index is 11.8. The van der Waals surface area contributed by atoms with E-state index < -0.39 is 11.0 Å². The molecule has 0 aliphatic rings. The minimum atomic E-state index is -0.561. The summed E-state index contributed by atoms with van der Waals surface area (Å²) in [7, 11) is 0. The molecule has 0 unspecified atom stereocenters. The normalized spacial score (nSPS) is 10.2. The van der Waals surface area contributed by atoms with Gasteiger partial charge in [-0.05, 0) is 13.0 Å². The van der Waals surface area contributed by atoms with Crippen molar-refractivity contribution < 1.29 is 9.72 Å². The highest BCUT2D eigenvalue weighted by Crippen LogP contribution is 2.26. The van der Waals surface area contributed by atoms with Gasteiger partial charge in [-0.15, -0.1) is 0 Å². The van der Waals surface area contributed by atoms with Crippen LogP contribution in [0.2, 0.25) is 5.02 Å².